The van der Waals surface area contributed by atoms with Gasteiger partial charge >= 0.3 is 0 Å². The van der Waals surface area contributed by atoms with Crippen molar-refractivity contribution in [1.29, 1.82) is 0 Å². The number of para-hydroxylation sites is 1. The number of benzene rings is 1. The van der Waals surface area contributed by atoms with Crippen LogP contribution in [0.25, 0.3) is 0 Å². The summed E-state index contributed by atoms with van der Waals surface area (Å²) >= 11 is 0. The molecule has 8 nitrogen and oxygen atoms in total. The van der Waals surface area contributed by atoms with Crippen LogP contribution >= 0.6 is 0 Å². The van der Waals surface area contributed by atoms with Gasteiger partial charge in [-0.3, -0.25) is 4.79 Å². The molecule has 2 unspecified atom stereocenters. The molecule has 0 N–H and O–H groups in total. The molecule has 0 saturated carbocycles. The van der Waals surface area contributed by atoms with Gasteiger partial charge in [-0.1, -0.05) is 12.1 Å². The minimum Gasteiger partial charge on any atom is -0.485 e. The second kappa shape index (κ2) is 6.96. The number of nitrogens with zero attached hydrogens (tertiary/aromatic N) is 5. The molecular formula is C16H21N5O3. The molecule has 0 aliphatic carbocycles. The monoisotopic (exact) mass is 331 g/mol. The van der Waals surface area contributed by atoms with Crippen molar-refractivity contribution in [2.75, 3.05) is 13.1 Å². The van der Waals surface area contributed by atoms with Gasteiger partial charge in [0, 0.05) is 20.1 Å². The van der Waals surface area contributed by atoms with Gasteiger partial charge in [-0.05, 0) is 36.4 Å². The Bertz CT molecular complexity index is 707. The molecule has 0 bridgehead atoms. The van der Waals surface area contributed by atoms with Crippen molar-refractivity contribution >= 4 is 5.91 Å². The molecule has 1 aliphatic heterocycles. The first kappa shape index (κ1) is 16.4. The molecule has 1 aliphatic rings. The van der Waals surface area contributed by atoms with E-state index in [1.807, 2.05) is 30.9 Å². The van der Waals surface area contributed by atoms with E-state index < -0.39 is 0 Å². The molecule has 24 heavy (non-hydrogen) atoms. The number of hydrogen-bond acceptors (Lipinski definition) is 6. The van der Waals surface area contributed by atoms with Crippen LogP contribution in [0.4, 0.5) is 0 Å². The van der Waals surface area contributed by atoms with Gasteiger partial charge in [-0.15, -0.1) is 5.10 Å². The summed E-state index contributed by atoms with van der Waals surface area (Å²) in [6, 6.07) is 7.23. The minimum absolute atomic E-state index is 0.0236. The number of aromatic nitrogens is 4. The first-order chi connectivity index (χ1) is 11.5. The summed E-state index contributed by atoms with van der Waals surface area (Å²) in [6.45, 7) is 5.29. The number of rotatable bonds is 4. The average molecular weight is 331 g/mol. The number of amides is 1. The Morgan fingerprint density at radius 1 is 1.29 bits per heavy atom. The van der Waals surface area contributed by atoms with Crippen LogP contribution in [0.3, 0.4) is 0 Å². The van der Waals surface area contributed by atoms with Gasteiger partial charge in [0.2, 0.25) is 0 Å². The van der Waals surface area contributed by atoms with E-state index in [9.17, 15) is 4.79 Å². The van der Waals surface area contributed by atoms with Crippen LogP contribution in [-0.2, 0) is 18.4 Å². The molecule has 3 rings (SSSR count). The predicted octanol–water partition coefficient (Wildman–Crippen LogP) is 1.04. The van der Waals surface area contributed by atoms with E-state index in [1.165, 1.54) is 4.68 Å². The third-order valence-corrected chi connectivity index (χ3v) is 3.89. The molecule has 2 atom stereocenters. The van der Waals surface area contributed by atoms with E-state index in [4.69, 9.17) is 9.47 Å². The Morgan fingerprint density at radius 2 is 2.00 bits per heavy atom. The molecule has 2 heterocycles. The normalized spacial score (nSPS) is 20.9. The van der Waals surface area contributed by atoms with Crippen molar-refractivity contribution in [3.8, 4) is 5.75 Å². The van der Waals surface area contributed by atoms with E-state index in [1.54, 1.807) is 19.2 Å². The summed E-state index contributed by atoms with van der Waals surface area (Å²) in [7, 11) is 1.74. The molecule has 1 amide bonds. The molecule has 128 valence electrons. The summed E-state index contributed by atoms with van der Waals surface area (Å²) < 4.78 is 13.0. The lowest BCUT2D eigenvalue weighted by Gasteiger charge is -2.35. The van der Waals surface area contributed by atoms with Crippen molar-refractivity contribution in [1.82, 2.24) is 25.1 Å². The lowest BCUT2D eigenvalue weighted by atomic mass is 10.1. The smallest absolute Gasteiger partial charge is 0.257 e. The van der Waals surface area contributed by atoms with E-state index in [-0.39, 0.29) is 24.7 Å². The van der Waals surface area contributed by atoms with Gasteiger partial charge in [0.15, 0.2) is 5.82 Å². The zero-order valence-corrected chi connectivity index (χ0v) is 14.0. The molecule has 1 aromatic heterocycles. The van der Waals surface area contributed by atoms with Gasteiger partial charge in [0.1, 0.15) is 12.4 Å². The summed E-state index contributed by atoms with van der Waals surface area (Å²) in [4.78, 5) is 14.7. The fourth-order valence-corrected chi connectivity index (χ4v) is 2.80. The van der Waals surface area contributed by atoms with Gasteiger partial charge in [-0.25, -0.2) is 4.68 Å². The van der Waals surface area contributed by atoms with Crippen LogP contribution in [0.2, 0.25) is 0 Å². The predicted molar refractivity (Wildman–Crippen MR) is 85.5 cm³/mol. The Hall–Kier alpha value is -2.48. The Balaban J connectivity index is 1.76. The highest BCUT2D eigenvalue weighted by Gasteiger charge is 2.28. The number of aryl methyl sites for hydroxylation is 1. The Labute approximate surface area is 140 Å². The average Bonchev–Trinajstić information content (AvgIpc) is 2.97. The second-order valence-corrected chi connectivity index (χ2v) is 5.97. The fourth-order valence-electron chi connectivity index (χ4n) is 2.80. The highest BCUT2D eigenvalue weighted by atomic mass is 16.5. The third kappa shape index (κ3) is 3.53. The first-order valence-electron chi connectivity index (χ1n) is 7.92. The molecule has 2 aromatic rings. The maximum absolute atomic E-state index is 12.9. The van der Waals surface area contributed by atoms with Crippen LogP contribution < -0.4 is 4.74 Å². The van der Waals surface area contributed by atoms with Crippen LogP contribution in [0.5, 0.6) is 5.75 Å². The largest absolute Gasteiger partial charge is 0.485 e. The highest BCUT2D eigenvalue weighted by molar-refractivity contribution is 5.97. The molecule has 0 spiro atoms. The van der Waals surface area contributed by atoms with E-state index in [0.717, 1.165) is 0 Å². The molecule has 1 fully saturated rings. The number of hydrogen-bond donors (Lipinski definition) is 0. The lowest BCUT2D eigenvalue weighted by molar-refractivity contribution is -0.0586. The lowest BCUT2D eigenvalue weighted by Crippen LogP contribution is -2.48. The number of carbonyl (C=O) groups excluding carboxylic acids is 1. The quantitative estimate of drug-likeness (QED) is 0.832. The number of ether oxygens (including phenoxy) is 2. The van der Waals surface area contributed by atoms with Crippen molar-refractivity contribution in [2.24, 2.45) is 7.05 Å². The van der Waals surface area contributed by atoms with Crippen LogP contribution in [0.1, 0.15) is 30.0 Å². The van der Waals surface area contributed by atoms with Gasteiger partial charge in [0.05, 0.1) is 17.8 Å². The van der Waals surface area contributed by atoms with E-state index >= 15 is 0 Å². The van der Waals surface area contributed by atoms with Crippen molar-refractivity contribution in [3.05, 3.63) is 35.7 Å². The summed E-state index contributed by atoms with van der Waals surface area (Å²) in [5, 5.41) is 11.2. The van der Waals surface area contributed by atoms with Crippen LogP contribution in [0, 0.1) is 0 Å². The number of carbonyl (C=O) groups is 1. The van der Waals surface area contributed by atoms with E-state index in [0.29, 0.717) is 30.2 Å². The van der Waals surface area contributed by atoms with Crippen molar-refractivity contribution < 1.29 is 14.3 Å². The highest BCUT2D eigenvalue weighted by Crippen LogP contribution is 2.23. The van der Waals surface area contributed by atoms with Crippen molar-refractivity contribution in [3.63, 3.8) is 0 Å². The number of tetrazole rings is 1. The fraction of sp³-hybridized carbons (Fsp3) is 0.500. The second-order valence-electron chi connectivity index (χ2n) is 5.97. The SMILES string of the molecule is CC1CN(C(=O)c2ccccc2OCc2nnnn2C)CC(C)O1. The number of morpholine rings is 1. The molecule has 0 radical (unpaired) electrons. The summed E-state index contributed by atoms with van der Waals surface area (Å²) in [5.74, 6) is 1.06. The Morgan fingerprint density at radius 3 is 2.67 bits per heavy atom. The third-order valence-electron chi connectivity index (χ3n) is 3.89. The summed E-state index contributed by atoms with van der Waals surface area (Å²) in [5.41, 5.74) is 0.536. The molecule has 1 saturated heterocycles. The van der Waals surface area contributed by atoms with Crippen LogP contribution in [-0.4, -0.2) is 56.3 Å². The molecular weight excluding hydrogens is 310 g/mol. The Kier molecular flexibility index (Phi) is 4.75. The maximum atomic E-state index is 12.9. The summed E-state index contributed by atoms with van der Waals surface area (Å²) in [6.07, 6.45) is 0.0472. The van der Waals surface area contributed by atoms with Gasteiger partial charge in [-0.2, -0.15) is 0 Å². The topological polar surface area (TPSA) is 82.4 Å². The van der Waals surface area contributed by atoms with Crippen molar-refractivity contribution in [2.45, 2.75) is 32.7 Å². The first-order valence-corrected chi connectivity index (χ1v) is 7.92. The van der Waals surface area contributed by atoms with E-state index in [2.05, 4.69) is 15.5 Å². The van der Waals surface area contributed by atoms with Crippen LogP contribution in [0.15, 0.2) is 24.3 Å². The standard InChI is InChI=1S/C16H21N5O3/c1-11-8-21(9-12(2)24-11)16(22)13-6-4-5-7-14(13)23-10-15-17-18-19-20(15)3/h4-7,11-12H,8-10H2,1-3H3. The van der Waals surface area contributed by atoms with Gasteiger partial charge in [0.25, 0.3) is 5.91 Å². The molecule has 8 heteroatoms. The molecule has 1 aromatic carbocycles. The van der Waals surface area contributed by atoms with Gasteiger partial charge < -0.3 is 14.4 Å². The zero-order valence-electron chi connectivity index (χ0n) is 14.0. The zero-order chi connectivity index (χ0) is 17.1. The maximum Gasteiger partial charge on any atom is 0.257 e. The minimum atomic E-state index is -0.0521.